The fourth-order valence-corrected chi connectivity index (χ4v) is 9.79. The van der Waals surface area contributed by atoms with Crippen molar-refractivity contribution in [2.45, 2.75) is 62.8 Å². The highest BCUT2D eigenvalue weighted by atomic mass is 28.3. The molecule has 0 bridgehead atoms. The molecule has 5 unspecified atom stereocenters. The lowest BCUT2D eigenvalue weighted by atomic mass is 9.81. The maximum atomic E-state index is 4.43. The fourth-order valence-electron chi connectivity index (χ4n) is 6.79. The van der Waals surface area contributed by atoms with Crippen molar-refractivity contribution in [3.8, 4) is 0 Å². The number of fused-ring (bicyclic) bond motifs is 8. The third-order valence-corrected chi connectivity index (χ3v) is 11.8. The van der Waals surface area contributed by atoms with Crippen LogP contribution in [-0.4, -0.2) is 61.0 Å². The van der Waals surface area contributed by atoms with Gasteiger partial charge in [-0.25, -0.2) is 0 Å². The lowest BCUT2D eigenvalue weighted by Gasteiger charge is -2.55. The minimum atomic E-state index is -1.73. The largest absolute Gasteiger partial charge is 0.338 e. The van der Waals surface area contributed by atoms with Crippen LogP contribution in [0.5, 0.6) is 0 Å². The van der Waals surface area contributed by atoms with Crippen LogP contribution in [0.4, 0.5) is 11.4 Å². The first-order chi connectivity index (χ1) is 15.6. The Balaban J connectivity index is 1.30. The smallest absolute Gasteiger partial charge is 0.157 e. The van der Waals surface area contributed by atoms with Crippen LogP contribution in [0.3, 0.4) is 0 Å². The Morgan fingerprint density at radius 3 is 1.97 bits per heavy atom. The molecule has 1 saturated heterocycles. The average molecular weight is 444 g/mol. The molecule has 5 atom stereocenters. The number of hydrogen-bond acceptors (Lipinski definition) is 7. The standard InChI is InChI=1S/C24H29N7Si/c1-32(2)21-9-5-3-7-18(21)31(19-8-4-6-10-22(19)32)16-11-12-17-20(13-16)30-15-26-28-24(30)23-27-25-14-29(17)23/h3-10,14-17,20,23-24,27-28H,11-13H2,1-2H3. The average Bonchev–Trinajstić information content (AvgIpc) is 3.49. The van der Waals surface area contributed by atoms with E-state index < -0.39 is 8.07 Å². The first-order valence-electron chi connectivity index (χ1n) is 11.7. The monoisotopic (exact) mass is 443 g/mol. The van der Waals surface area contributed by atoms with Gasteiger partial charge in [0.15, 0.2) is 12.3 Å². The molecule has 4 heterocycles. The number of anilines is 2. The number of nitrogens with zero attached hydrogens (tertiary/aromatic N) is 5. The molecular weight excluding hydrogens is 414 g/mol. The Hall–Kier alpha value is -3.00. The SMILES string of the molecule is C[Si]1(C)c2ccccc2N(C2CCC3C(C2)N2C=NNC2C2NN=CN32)c2ccccc21. The van der Waals surface area contributed by atoms with Crippen LogP contribution in [0.2, 0.25) is 13.1 Å². The van der Waals surface area contributed by atoms with E-state index in [4.69, 9.17) is 0 Å². The summed E-state index contributed by atoms with van der Waals surface area (Å²) in [5, 5.41) is 11.9. The maximum absolute atomic E-state index is 4.43. The molecule has 164 valence electrons. The summed E-state index contributed by atoms with van der Waals surface area (Å²) in [7, 11) is -1.73. The summed E-state index contributed by atoms with van der Waals surface area (Å²) in [5.41, 5.74) is 9.43. The Kier molecular flexibility index (Phi) is 3.77. The van der Waals surface area contributed by atoms with Crippen molar-refractivity contribution in [3.05, 3.63) is 48.5 Å². The quantitative estimate of drug-likeness (QED) is 0.656. The van der Waals surface area contributed by atoms with Crippen molar-refractivity contribution in [2.75, 3.05) is 4.90 Å². The summed E-state index contributed by atoms with van der Waals surface area (Å²) in [5.74, 6) is 0. The molecule has 1 aliphatic carbocycles. The van der Waals surface area contributed by atoms with E-state index in [2.05, 4.69) is 97.4 Å². The van der Waals surface area contributed by atoms with Crippen LogP contribution in [0.1, 0.15) is 19.3 Å². The van der Waals surface area contributed by atoms with Crippen molar-refractivity contribution in [1.29, 1.82) is 0 Å². The van der Waals surface area contributed by atoms with Gasteiger partial charge in [0.05, 0.1) is 12.1 Å². The Labute approximate surface area is 189 Å². The molecule has 2 N–H and O–H groups in total. The van der Waals surface area contributed by atoms with Crippen LogP contribution in [0.25, 0.3) is 0 Å². The number of hydrazone groups is 2. The number of para-hydroxylation sites is 2. The van der Waals surface area contributed by atoms with Gasteiger partial charge in [0.2, 0.25) is 0 Å². The van der Waals surface area contributed by atoms with Gasteiger partial charge in [0, 0.05) is 17.4 Å². The Bertz CT molecular complexity index is 1080. The van der Waals surface area contributed by atoms with E-state index in [1.807, 2.05) is 12.7 Å². The molecule has 32 heavy (non-hydrogen) atoms. The van der Waals surface area contributed by atoms with Gasteiger partial charge < -0.3 is 14.7 Å². The van der Waals surface area contributed by atoms with E-state index >= 15 is 0 Å². The number of benzene rings is 2. The highest BCUT2D eigenvalue weighted by Gasteiger charge is 2.52. The molecule has 2 fully saturated rings. The highest BCUT2D eigenvalue weighted by molar-refractivity contribution is 7.02. The zero-order valence-electron chi connectivity index (χ0n) is 18.5. The molecule has 2 aromatic carbocycles. The molecule has 0 radical (unpaired) electrons. The second kappa shape index (κ2) is 6.51. The molecule has 2 aromatic rings. The Morgan fingerprint density at radius 2 is 1.34 bits per heavy atom. The van der Waals surface area contributed by atoms with Crippen LogP contribution >= 0.6 is 0 Å². The van der Waals surface area contributed by atoms with Gasteiger partial charge in [0.25, 0.3) is 0 Å². The molecule has 8 heteroatoms. The van der Waals surface area contributed by atoms with Crippen molar-refractivity contribution in [2.24, 2.45) is 10.2 Å². The predicted octanol–water partition coefficient (Wildman–Crippen LogP) is 1.61. The topological polar surface area (TPSA) is 58.5 Å². The molecule has 5 aliphatic rings. The van der Waals surface area contributed by atoms with Crippen LogP contribution in [0.15, 0.2) is 58.7 Å². The number of nitrogens with one attached hydrogen (secondary N) is 2. The van der Waals surface area contributed by atoms with E-state index in [0.717, 1.165) is 12.8 Å². The van der Waals surface area contributed by atoms with Gasteiger partial charge in [0.1, 0.15) is 20.8 Å². The summed E-state index contributed by atoms with van der Waals surface area (Å²) < 4.78 is 0. The normalized spacial score (nSPS) is 32.9. The summed E-state index contributed by atoms with van der Waals surface area (Å²) in [6.07, 6.45) is 7.72. The first-order valence-corrected chi connectivity index (χ1v) is 14.7. The summed E-state index contributed by atoms with van der Waals surface area (Å²) in [4.78, 5) is 7.55. The maximum Gasteiger partial charge on any atom is 0.157 e. The lowest BCUT2D eigenvalue weighted by molar-refractivity contribution is -0.00872. The van der Waals surface area contributed by atoms with Crippen LogP contribution in [0, 0.1) is 0 Å². The number of hydrogen-bond donors (Lipinski definition) is 2. The molecule has 0 aromatic heterocycles. The summed E-state index contributed by atoms with van der Waals surface area (Å²) in [6, 6.07) is 19.6. The highest BCUT2D eigenvalue weighted by Crippen LogP contribution is 2.41. The van der Waals surface area contributed by atoms with E-state index in [1.54, 1.807) is 10.4 Å². The van der Waals surface area contributed by atoms with Gasteiger partial charge in [-0.2, -0.15) is 10.2 Å². The van der Waals surface area contributed by atoms with E-state index in [-0.39, 0.29) is 12.3 Å². The van der Waals surface area contributed by atoms with Crippen molar-refractivity contribution >= 4 is 42.5 Å². The second-order valence-electron chi connectivity index (χ2n) is 10.2. The van der Waals surface area contributed by atoms with E-state index in [9.17, 15) is 0 Å². The molecule has 1 saturated carbocycles. The fraction of sp³-hybridized carbons (Fsp3) is 0.417. The van der Waals surface area contributed by atoms with Crippen molar-refractivity contribution in [1.82, 2.24) is 20.7 Å². The number of piperazine rings is 1. The van der Waals surface area contributed by atoms with Gasteiger partial charge in [-0.3, -0.25) is 10.9 Å². The zero-order chi connectivity index (χ0) is 21.4. The summed E-state index contributed by atoms with van der Waals surface area (Å²) in [6.45, 7) is 4.99. The zero-order valence-corrected chi connectivity index (χ0v) is 19.5. The second-order valence-corrected chi connectivity index (χ2v) is 14.5. The van der Waals surface area contributed by atoms with Crippen molar-refractivity contribution < 1.29 is 0 Å². The molecule has 0 amide bonds. The van der Waals surface area contributed by atoms with E-state index in [1.165, 1.54) is 17.8 Å². The molecule has 4 aliphatic heterocycles. The third kappa shape index (κ3) is 2.36. The van der Waals surface area contributed by atoms with Gasteiger partial charge in [-0.1, -0.05) is 49.5 Å². The van der Waals surface area contributed by atoms with Gasteiger partial charge in [-0.15, -0.1) is 0 Å². The van der Waals surface area contributed by atoms with Crippen molar-refractivity contribution in [3.63, 3.8) is 0 Å². The van der Waals surface area contributed by atoms with Gasteiger partial charge in [-0.05, 0) is 41.8 Å². The number of rotatable bonds is 1. The first kappa shape index (κ1) is 18.6. The minimum Gasteiger partial charge on any atom is -0.338 e. The molecule has 7 nitrogen and oxygen atoms in total. The van der Waals surface area contributed by atoms with Gasteiger partial charge >= 0.3 is 0 Å². The molecule has 7 rings (SSSR count). The lowest BCUT2D eigenvalue weighted by Crippen LogP contribution is -2.72. The Morgan fingerprint density at radius 1 is 0.781 bits per heavy atom. The predicted molar refractivity (Wildman–Crippen MR) is 131 cm³/mol. The van der Waals surface area contributed by atoms with Crippen LogP contribution < -0.4 is 26.1 Å². The summed E-state index contributed by atoms with van der Waals surface area (Å²) >= 11 is 0. The molecule has 0 spiro atoms. The van der Waals surface area contributed by atoms with E-state index in [0.29, 0.717) is 18.1 Å². The third-order valence-electron chi connectivity index (χ3n) is 8.30. The van der Waals surface area contributed by atoms with Crippen LogP contribution in [-0.2, 0) is 0 Å². The minimum absolute atomic E-state index is 0.129. The molecular formula is C24H29N7Si.